The number of nitrogens with two attached hydrogens (primary N) is 1. The van der Waals surface area contributed by atoms with Gasteiger partial charge in [-0.25, -0.2) is 10.4 Å². The molecule has 0 bridgehead atoms. The van der Waals surface area contributed by atoms with Crippen LogP contribution in [0.2, 0.25) is 15.2 Å². The number of nitrogens with zero attached hydrogens (tertiary/aromatic N) is 2. The number of pyridine rings is 1. The van der Waals surface area contributed by atoms with Crippen LogP contribution in [0.4, 0.5) is 5.69 Å². The molecule has 1 aliphatic carbocycles. The van der Waals surface area contributed by atoms with Gasteiger partial charge < -0.3 is 5.73 Å². The first-order valence-electron chi connectivity index (χ1n) is 6.29. The summed E-state index contributed by atoms with van der Waals surface area (Å²) in [7, 11) is 0. The molecule has 0 saturated carbocycles. The summed E-state index contributed by atoms with van der Waals surface area (Å²) in [5.41, 5.74) is 7.93. The molecule has 0 spiro atoms. The van der Waals surface area contributed by atoms with Gasteiger partial charge in [0.25, 0.3) is 5.91 Å². The largest absolute Gasteiger partial charge is 0.396 e. The number of carbonyl (C=O) groups excluding carboxylic acids is 1. The molecule has 1 heterocycles. The van der Waals surface area contributed by atoms with Gasteiger partial charge in [-0.3, -0.25) is 4.79 Å². The summed E-state index contributed by atoms with van der Waals surface area (Å²) < 4.78 is 0. The number of hydrogen-bond donors (Lipinski definition) is 2. The van der Waals surface area contributed by atoms with Gasteiger partial charge >= 0.3 is 0 Å². The number of aromatic nitrogens is 1. The number of allylic oxidation sites excluding steroid dienone is 2. The number of nitrogens with one attached hydrogen (secondary N) is 1. The standard InChI is InChI=1S/C13H13Cl3N4O/c14-8-10(17)9(15)12(16)19-11(8)13(21)20-18-6-7-4-2-1-3-5-7/h1-2,6-7H,3-5H2,(H2,17,19)(H,20,21)/b18-6+/t7-/m0/s1. The molecule has 0 radical (unpaired) electrons. The lowest BCUT2D eigenvalue weighted by Crippen LogP contribution is -2.21. The molecule has 1 atom stereocenters. The molecule has 1 amide bonds. The van der Waals surface area contributed by atoms with Crippen LogP contribution in [-0.4, -0.2) is 17.1 Å². The molecule has 0 saturated heterocycles. The molecular weight excluding hydrogens is 335 g/mol. The van der Waals surface area contributed by atoms with Gasteiger partial charge in [-0.2, -0.15) is 5.10 Å². The highest BCUT2D eigenvalue weighted by molar-refractivity contribution is 6.46. The van der Waals surface area contributed by atoms with Crippen LogP contribution in [-0.2, 0) is 0 Å². The molecule has 1 aliphatic rings. The van der Waals surface area contributed by atoms with Crippen molar-refractivity contribution in [3.63, 3.8) is 0 Å². The number of rotatable bonds is 3. The molecule has 8 heteroatoms. The number of anilines is 1. The quantitative estimate of drug-likeness (QED) is 0.379. The van der Waals surface area contributed by atoms with Crippen LogP contribution >= 0.6 is 34.8 Å². The number of halogens is 3. The average Bonchev–Trinajstić information content (AvgIpc) is 2.49. The Labute approximate surface area is 137 Å². The molecule has 21 heavy (non-hydrogen) atoms. The van der Waals surface area contributed by atoms with E-state index in [-0.39, 0.29) is 26.6 Å². The molecule has 0 unspecified atom stereocenters. The van der Waals surface area contributed by atoms with Crippen LogP contribution in [0, 0.1) is 5.92 Å². The summed E-state index contributed by atoms with van der Waals surface area (Å²) in [6.07, 6.45) is 8.87. The average molecular weight is 348 g/mol. The Hall–Kier alpha value is -1.30. The Balaban J connectivity index is 2.07. The lowest BCUT2D eigenvalue weighted by Gasteiger charge is -2.12. The van der Waals surface area contributed by atoms with Crippen LogP contribution in [0.3, 0.4) is 0 Å². The Morgan fingerprint density at radius 3 is 2.81 bits per heavy atom. The first-order valence-corrected chi connectivity index (χ1v) is 7.42. The van der Waals surface area contributed by atoms with Gasteiger partial charge in [-0.05, 0) is 25.2 Å². The highest BCUT2D eigenvalue weighted by Crippen LogP contribution is 2.34. The van der Waals surface area contributed by atoms with Crippen molar-refractivity contribution in [1.29, 1.82) is 0 Å². The molecule has 0 fully saturated rings. The second kappa shape index (κ2) is 7.11. The van der Waals surface area contributed by atoms with Gasteiger partial charge in [0.2, 0.25) is 0 Å². The van der Waals surface area contributed by atoms with Gasteiger partial charge in [0.15, 0.2) is 10.8 Å². The zero-order valence-corrected chi connectivity index (χ0v) is 13.2. The number of carbonyl (C=O) groups is 1. The molecule has 5 nitrogen and oxygen atoms in total. The van der Waals surface area contributed by atoms with Crippen LogP contribution in [0.5, 0.6) is 0 Å². The minimum Gasteiger partial charge on any atom is -0.396 e. The zero-order chi connectivity index (χ0) is 15.4. The minimum atomic E-state index is -0.590. The summed E-state index contributed by atoms with van der Waals surface area (Å²) >= 11 is 17.5. The molecule has 2 rings (SSSR count). The van der Waals surface area contributed by atoms with Gasteiger partial charge in [-0.15, -0.1) is 0 Å². The maximum atomic E-state index is 12.0. The van der Waals surface area contributed by atoms with E-state index in [9.17, 15) is 4.79 Å². The normalized spacial score (nSPS) is 18.1. The molecule has 0 aliphatic heterocycles. The highest BCUT2D eigenvalue weighted by Gasteiger charge is 2.19. The first kappa shape index (κ1) is 16.1. The van der Waals surface area contributed by atoms with Crippen molar-refractivity contribution in [3.8, 4) is 0 Å². The van der Waals surface area contributed by atoms with Crippen LogP contribution in [0.25, 0.3) is 0 Å². The van der Waals surface area contributed by atoms with E-state index in [2.05, 4.69) is 27.7 Å². The Morgan fingerprint density at radius 1 is 1.38 bits per heavy atom. The predicted molar refractivity (Wildman–Crippen MR) is 86.1 cm³/mol. The van der Waals surface area contributed by atoms with E-state index in [1.54, 1.807) is 6.21 Å². The van der Waals surface area contributed by atoms with Crippen molar-refractivity contribution < 1.29 is 4.79 Å². The summed E-state index contributed by atoms with van der Waals surface area (Å²) in [5.74, 6) is -0.273. The molecular formula is C13H13Cl3N4O. The third-order valence-corrected chi connectivity index (χ3v) is 4.18. The fourth-order valence-electron chi connectivity index (χ4n) is 1.89. The van der Waals surface area contributed by atoms with Crippen LogP contribution in [0.1, 0.15) is 29.8 Å². The van der Waals surface area contributed by atoms with Crippen molar-refractivity contribution in [1.82, 2.24) is 10.4 Å². The van der Waals surface area contributed by atoms with Crippen molar-refractivity contribution in [2.45, 2.75) is 19.3 Å². The van der Waals surface area contributed by atoms with Crippen molar-refractivity contribution in [2.75, 3.05) is 5.73 Å². The smallest absolute Gasteiger partial charge is 0.291 e. The maximum Gasteiger partial charge on any atom is 0.291 e. The number of hydrazone groups is 1. The van der Waals surface area contributed by atoms with Crippen LogP contribution < -0.4 is 11.2 Å². The second-order valence-corrected chi connectivity index (χ2v) is 5.67. The molecule has 112 valence electrons. The highest BCUT2D eigenvalue weighted by atomic mass is 35.5. The van der Waals surface area contributed by atoms with E-state index in [1.165, 1.54) is 0 Å². The van der Waals surface area contributed by atoms with E-state index < -0.39 is 5.91 Å². The Morgan fingerprint density at radius 2 is 2.14 bits per heavy atom. The number of hydrogen-bond acceptors (Lipinski definition) is 4. The summed E-state index contributed by atoms with van der Waals surface area (Å²) in [6.45, 7) is 0. The topological polar surface area (TPSA) is 80.4 Å². The summed E-state index contributed by atoms with van der Waals surface area (Å²) in [6, 6.07) is 0. The second-order valence-electron chi connectivity index (χ2n) is 4.56. The molecule has 0 aromatic carbocycles. The van der Waals surface area contributed by atoms with E-state index in [4.69, 9.17) is 40.5 Å². The van der Waals surface area contributed by atoms with E-state index >= 15 is 0 Å². The number of nitrogen functional groups attached to an aromatic ring is 1. The molecule has 1 aromatic heterocycles. The summed E-state index contributed by atoms with van der Waals surface area (Å²) in [4.78, 5) is 15.8. The SMILES string of the molecule is Nc1c(Cl)c(Cl)nc(C(=O)N/N=C/[C@H]2CC=CCC2)c1Cl. The third kappa shape index (κ3) is 3.87. The Kier molecular flexibility index (Phi) is 5.45. The summed E-state index contributed by atoms with van der Waals surface area (Å²) in [5, 5.41) is 3.82. The third-order valence-electron chi connectivity index (χ3n) is 3.05. The predicted octanol–water partition coefficient (Wildman–Crippen LogP) is 3.70. The van der Waals surface area contributed by atoms with Crippen molar-refractivity contribution in [3.05, 3.63) is 33.0 Å². The lowest BCUT2D eigenvalue weighted by molar-refractivity contribution is 0.0950. The van der Waals surface area contributed by atoms with Crippen molar-refractivity contribution >= 4 is 52.6 Å². The number of amides is 1. The monoisotopic (exact) mass is 346 g/mol. The maximum absolute atomic E-state index is 12.0. The zero-order valence-electron chi connectivity index (χ0n) is 10.9. The van der Waals surface area contributed by atoms with E-state index in [0.29, 0.717) is 5.92 Å². The van der Waals surface area contributed by atoms with Crippen LogP contribution in [0.15, 0.2) is 17.3 Å². The first-order chi connectivity index (χ1) is 10.0. The lowest BCUT2D eigenvalue weighted by atomic mass is 9.96. The van der Waals surface area contributed by atoms with Crippen molar-refractivity contribution in [2.24, 2.45) is 11.0 Å². The van der Waals surface area contributed by atoms with E-state index in [0.717, 1.165) is 19.3 Å². The van der Waals surface area contributed by atoms with Gasteiger partial charge in [0, 0.05) is 6.21 Å². The fourth-order valence-corrected chi connectivity index (χ4v) is 2.48. The van der Waals surface area contributed by atoms with Gasteiger partial charge in [-0.1, -0.05) is 47.0 Å². The van der Waals surface area contributed by atoms with E-state index in [1.807, 2.05) is 0 Å². The van der Waals surface area contributed by atoms with Gasteiger partial charge in [0.1, 0.15) is 5.02 Å². The molecule has 3 N–H and O–H groups in total. The fraction of sp³-hybridized carbons (Fsp3) is 0.308. The Bertz CT molecular complexity index is 616. The minimum absolute atomic E-state index is 0.0184. The van der Waals surface area contributed by atoms with Gasteiger partial charge in [0.05, 0.1) is 10.7 Å². The molecule has 1 aromatic rings.